The van der Waals surface area contributed by atoms with Crippen LogP contribution in [-0.4, -0.2) is 34.4 Å². The monoisotopic (exact) mass is 231 g/mol. The average molecular weight is 231 g/mol. The Bertz CT molecular complexity index is 440. The molecule has 0 spiro atoms. The van der Waals surface area contributed by atoms with Crippen molar-refractivity contribution >= 4 is 5.78 Å². The topological polar surface area (TPSA) is 49.0 Å². The second-order valence-electron chi connectivity index (χ2n) is 4.54. The fourth-order valence-electron chi connectivity index (χ4n) is 2.04. The highest BCUT2D eigenvalue weighted by Crippen LogP contribution is 2.26. The molecule has 0 aromatic carbocycles. The van der Waals surface area contributed by atoms with Gasteiger partial charge in [0.15, 0.2) is 5.78 Å². The SMILES string of the molecule is Cn1cccc1C(=O)CN(CCC#N)C1CC1. The number of hydrogen-bond acceptors (Lipinski definition) is 3. The Morgan fingerprint density at radius 3 is 2.94 bits per heavy atom. The molecule has 2 rings (SSSR count). The van der Waals surface area contributed by atoms with E-state index in [0.29, 0.717) is 25.6 Å². The number of Topliss-reactive ketones (excluding diaryl/α,β-unsaturated/α-hetero) is 1. The first-order valence-electron chi connectivity index (χ1n) is 5.98. The molecule has 1 heterocycles. The smallest absolute Gasteiger partial charge is 0.193 e. The van der Waals surface area contributed by atoms with Crippen LogP contribution in [0.3, 0.4) is 0 Å². The Kier molecular flexibility index (Phi) is 3.60. The molecule has 1 saturated carbocycles. The standard InChI is InChI=1S/C13H17N3O/c1-15-8-2-4-12(15)13(17)10-16(9-3-7-14)11-5-6-11/h2,4,8,11H,3,5-6,9-10H2,1H3. The van der Waals surface area contributed by atoms with Crippen molar-refractivity contribution in [3.05, 3.63) is 24.0 Å². The first-order chi connectivity index (χ1) is 8.22. The molecule has 4 heteroatoms. The third kappa shape index (κ3) is 2.95. The van der Waals surface area contributed by atoms with E-state index in [1.807, 2.05) is 29.9 Å². The van der Waals surface area contributed by atoms with Crippen LogP contribution in [-0.2, 0) is 7.05 Å². The highest BCUT2D eigenvalue weighted by Gasteiger charge is 2.30. The van der Waals surface area contributed by atoms with Crippen molar-refractivity contribution < 1.29 is 4.79 Å². The van der Waals surface area contributed by atoms with E-state index in [-0.39, 0.29) is 5.78 Å². The Hall–Kier alpha value is -1.60. The van der Waals surface area contributed by atoms with E-state index in [4.69, 9.17) is 5.26 Å². The second-order valence-corrected chi connectivity index (χ2v) is 4.54. The molecular weight excluding hydrogens is 214 g/mol. The minimum Gasteiger partial charge on any atom is -0.348 e. The summed E-state index contributed by atoms with van der Waals surface area (Å²) in [6.45, 7) is 1.14. The molecule has 4 nitrogen and oxygen atoms in total. The maximum atomic E-state index is 12.1. The van der Waals surface area contributed by atoms with Gasteiger partial charge in [0.2, 0.25) is 0 Å². The minimum atomic E-state index is 0.141. The number of nitrogens with zero attached hydrogens (tertiary/aromatic N) is 3. The Morgan fingerprint density at radius 2 is 2.41 bits per heavy atom. The van der Waals surface area contributed by atoms with Gasteiger partial charge in [-0.05, 0) is 25.0 Å². The molecular formula is C13H17N3O. The summed E-state index contributed by atoms with van der Waals surface area (Å²) in [6.07, 6.45) is 4.69. The molecule has 1 aliphatic carbocycles. The van der Waals surface area contributed by atoms with Crippen LogP contribution in [0.25, 0.3) is 0 Å². The zero-order chi connectivity index (χ0) is 12.3. The van der Waals surface area contributed by atoms with Crippen molar-refractivity contribution in [2.45, 2.75) is 25.3 Å². The number of hydrogen-bond donors (Lipinski definition) is 0. The lowest BCUT2D eigenvalue weighted by molar-refractivity contribution is 0.0918. The van der Waals surface area contributed by atoms with Crippen molar-refractivity contribution in [3.63, 3.8) is 0 Å². The molecule has 1 fully saturated rings. The van der Waals surface area contributed by atoms with Gasteiger partial charge in [-0.25, -0.2) is 0 Å². The third-order valence-electron chi connectivity index (χ3n) is 3.15. The lowest BCUT2D eigenvalue weighted by atomic mass is 10.2. The van der Waals surface area contributed by atoms with Gasteiger partial charge in [0, 0.05) is 32.3 Å². The van der Waals surface area contributed by atoms with Gasteiger partial charge in [-0.15, -0.1) is 0 Å². The summed E-state index contributed by atoms with van der Waals surface area (Å²) in [6, 6.07) is 6.39. The van der Waals surface area contributed by atoms with E-state index in [1.165, 1.54) is 0 Å². The summed E-state index contributed by atoms with van der Waals surface area (Å²) < 4.78 is 1.84. The molecule has 0 bridgehead atoms. The fourth-order valence-corrected chi connectivity index (χ4v) is 2.04. The molecule has 0 unspecified atom stereocenters. The zero-order valence-electron chi connectivity index (χ0n) is 10.1. The number of carbonyl (C=O) groups is 1. The highest BCUT2D eigenvalue weighted by atomic mass is 16.1. The van der Waals surface area contributed by atoms with E-state index in [0.717, 1.165) is 18.5 Å². The lowest BCUT2D eigenvalue weighted by Gasteiger charge is -2.19. The molecule has 1 aromatic heterocycles. The van der Waals surface area contributed by atoms with Gasteiger partial charge in [-0.2, -0.15) is 5.26 Å². The van der Waals surface area contributed by atoms with Gasteiger partial charge in [0.05, 0.1) is 18.3 Å². The lowest BCUT2D eigenvalue weighted by Crippen LogP contribution is -2.33. The van der Waals surface area contributed by atoms with Gasteiger partial charge >= 0.3 is 0 Å². The van der Waals surface area contributed by atoms with Gasteiger partial charge in [0.25, 0.3) is 0 Å². The minimum absolute atomic E-state index is 0.141. The zero-order valence-corrected chi connectivity index (χ0v) is 10.1. The van der Waals surface area contributed by atoms with Gasteiger partial charge < -0.3 is 4.57 Å². The van der Waals surface area contributed by atoms with Crippen LogP contribution in [0.5, 0.6) is 0 Å². The van der Waals surface area contributed by atoms with E-state index < -0.39 is 0 Å². The predicted octanol–water partition coefficient (Wildman–Crippen LogP) is 1.59. The number of rotatable bonds is 6. The first-order valence-corrected chi connectivity index (χ1v) is 5.98. The third-order valence-corrected chi connectivity index (χ3v) is 3.15. The summed E-state index contributed by atoms with van der Waals surface area (Å²) in [5, 5.41) is 8.61. The molecule has 0 saturated heterocycles. The summed E-state index contributed by atoms with van der Waals surface area (Å²) >= 11 is 0. The highest BCUT2D eigenvalue weighted by molar-refractivity contribution is 5.96. The number of ketones is 1. The van der Waals surface area contributed by atoms with Gasteiger partial charge in [0.1, 0.15) is 0 Å². The largest absolute Gasteiger partial charge is 0.348 e. The number of carbonyl (C=O) groups excluding carboxylic acids is 1. The van der Waals surface area contributed by atoms with Crippen LogP contribution in [0.1, 0.15) is 29.8 Å². The number of nitriles is 1. The number of aryl methyl sites for hydroxylation is 1. The summed E-state index contributed by atoms with van der Waals surface area (Å²) in [4.78, 5) is 14.2. The van der Waals surface area contributed by atoms with Crippen LogP contribution in [0.15, 0.2) is 18.3 Å². The van der Waals surface area contributed by atoms with Crippen molar-refractivity contribution in [1.29, 1.82) is 5.26 Å². The molecule has 1 aliphatic rings. The van der Waals surface area contributed by atoms with E-state index in [1.54, 1.807) is 0 Å². The van der Waals surface area contributed by atoms with Crippen molar-refractivity contribution in [2.75, 3.05) is 13.1 Å². The van der Waals surface area contributed by atoms with E-state index in [9.17, 15) is 4.79 Å². The Morgan fingerprint density at radius 1 is 1.65 bits per heavy atom. The van der Waals surface area contributed by atoms with Gasteiger partial charge in [-0.3, -0.25) is 9.69 Å². The Labute approximate surface area is 101 Å². The van der Waals surface area contributed by atoms with Crippen molar-refractivity contribution in [3.8, 4) is 6.07 Å². The molecule has 1 aromatic rings. The average Bonchev–Trinajstić information content (AvgIpc) is 3.06. The number of aromatic nitrogens is 1. The maximum absolute atomic E-state index is 12.1. The molecule has 0 radical (unpaired) electrons. The molecule has 0 atom stereocenters. The van der Waals surface area contributed by atoms with Crippen LogP contribution < -0.4 is 0 Å². The van der Waals surface area contributed by atoms with Crippen molar-refractivity contribution in [2.24, 2.45) is 7.05 Å². The van der Waals surface area contributed by atoms with Gasteiger partial charge in [-0.1, -0.05) is 0 Å². The van der Waals surface area contributed by atoms with Crippen LogP contribution in [0.2, 0.25) is 0 Å². The normalized spacial score (nSPS) is 14.9. The van der Waals surface area contributed by atoms with Crippen molar-refractivity contribution in [1.82, 2.24) is 9.47 Å². The molecule has 0 aliphatic heterocycles. The molecule has 17 heavy (non-hydrogen) atoms. The predicted molar refractivity (Wildman–Crippen MR) is 64.6 cm³/mol. The summed E-state index contributed by atoms with van der Waals surface area (Å²) in [5.74, 6) is 0.141. The maximum Gasteiger partial charge on any atom is 0.193 e. The quantitative estimate of drug-likeness (QED) is 0.698. The summed E-state index contributed by atoms with van der Waals surface area (Å²) in [7, 11) is 1.88. The Balaban J connectivity index is 1.96. The molecule has 0 N–H and O–H groups in total. The summed E-state index contributed by atoms with van der Waals surface area (Å²) in [5.41, 5.74) is 0.743. The molecule has 90 valence electrons. The van der Waals surface area contributed by atoms with Crippen LogP contribution in [0, 0.1) is 11.3 Å². The fraction of sp³-hybridized carbons (Fsp3) is 0.538. The first kappa shape index (κ1) is 11.9. The van der Waals surface area contributed by atoms with E-state index in [2.05, 4.69) is 11.0 Å². The molecule has 0 amide bonds. The second kappa shape index (κ2) is 5.15. The van der Waals surface area contributed by atoms with Crippen LogP contribution in [0.4, 0.5) is 0 Å². The van der Waals surface area contributed by atoms with Crippen LogP contribution >= 0.6 is 0 Å². The van der Waals surface area contributed by atoms with E-state index >= 15 is 0 Å².